The van der Waals surface area contributed by atoms with E-state index in [2.05, 4.69) is 80.6 Å². The Labute approximate surface area is 104 Å². The molecule has 0 aliphatic carbocycles. The van der Waals surface area contributed by atoms with Gasteiger partial charge in [0.1, 0.15) is 0 Å². The van der Waals surface area contributed by atoms with Crippen LogP contribution in [0, 0.1) is 6.92 Å². The second-order valence-electron chi connectivity index (χ2n) is 4.47. The first-order chi connectivity index (χ1) is 8.25. The molecule has 0 aliphatic rings. The topological polar surface area (TPSA) is 0 Å². The minimum absolute atomic E-state index is 0.456. The number of benzene rings is 2. The molecular formula is C17H18. The quantitative estimate of drug-likeness (QED) is 0.699. The average Bonchev–Trinajstić information content (AvgIpc) is 2.39. The van der Waals surface area contributed by atoms with Crippen LogP contribution in [0.3, 0.4) is 0 Å². The fraction of sp³-hybridized carbons (Fsp3) is 0.176. The molecule has 0 aliphatic heterocycles. The third-order valence-electron chi connectivity index (χ3n) is 2.98. The smallest absolute Gasteiger partial charge is 0.000711 e. The van der Waals surface area contributed by atoms with Crippen molar-refractivity contribution in [2.24, 2.45) is 0 Å². The summed E-state index contributed by atoms with van der Waals surface area (Å²) in [5, 5.41) is 0. The normalized spacial score (nSPS) is 12.8. The van der Waals surface area contributed by atoms with Crippen molar-refractivity contribution in [1.82, 2.24) is 0 Å². The summed E-state index contributed by atoms with van der Waals surface area (Å²) in [4.78, 5) is 0. The van der Waals surface area contributed by atoms with Gasteiger partial charge in [0.25, 0.3) is 0 Å². The van der Waals surface area contributed by atoms with Crippen LogP contribution in [-0.4, -0.2) is 0 Å². The molecule has 1 atom stereocenters. The van der Waals surface area contributed by atoms with E-state index >= 15 is 0 Å². The Kier molecular flexibility index (Phi) is 3.77. The number of allylic oxidation sites excluding steroid dienone is 1. The van der Waals surface area contributed by atoms with Crippen molar-refractivity contribution in [3.63, 3.8) is 0 Å². The summed E-state index contributed by atoms with van der Waals surface area (Å²) in [6.07, 6.45) is 4.44. The molecule has 2 aromatic carbocycles. The average molecular weight is 222 g/mol. The fourth-order valence-corrected chi connectivity index (χ4v) is 1.80. The summed E-state index contributed by atoms with van der Waals surface area (Å²) in [5.41, 5.74) is 3.92. The molecule has 2 rings (SSSR count). The molecule has 0 heteroatoms. The van der Waals surface area contributed by atoms with E-state index in [1.807, 2.05) is 0 Å². The molecule has 0 spiro atoms. The Bertz CT molecular complexity index is 477. The molecule has 0 N–H and O–H groups in total. The van der Waals surface area contributed by atoms with E-state index in [4.69, 9.17) is 0 Å². The van der Waals surface area contributed by atoms with Gasteiger partial charge >= 0.3 is 0 Å². The van der Waals surface area contributed by atoms with Gasteiger partial charge in [-0.05, 0) is 24.0 Å². The van der Waals surface area contributed by atoms with Crippen LogP contribution in [0.4, 0.5) is 0 Å². The zero-order valence-electron chi connectivity index (χ0n) is 10.4. The molecule has 0 amide bonds. The van der Waals surface area contributed by atoms with Crippen LogP contribution < -0.4 is 0 Å². The number of hydrogen-bond donors (Lipinski definition) is 0. The minimum atomic E-state index is 0.456. The summed E-state index contributed by atoms with van der Waals surface area (Å²) in [6.45, 7) is 4.33. The molecule has 86 valence electrons. The monoisotopic (exact) mass is 222 g/mol. The molecule has 0 bridgehead atoms. The van der Waals surface area contributed by atoms with Crippen molar-refractivity contribution in [2.45, 2.75) is 19.8 Å². The van der Waals surface area contributed by atoms with Crippen molar-refractivity contribution < 1.29 is 0 Å². The first kappa shape index (κ1) is 11.7. The summed E-state index contributed by atoms with van der Waals surface area (Å²) in [5.74, 6) is 0.456. The standard InChI is InChI=1S/C17H18/c1-14-8-11-16(12-9-14)13-10-15(2)17-6-4-3-5-7-17/h3-13,15H,1-2H3. The van der Waals surface area contributed by atoms with Crippen LogP contribution in [-0.2, 0) is 0 Å². The molecule has 0 aromatic heterocycles. The predicted molar refractivity (Wildman–Crippen MR) is 75.1 cm³/mol. The van der Waals surface area contributed by atoms with Gasteiger partial charge in [0, 0.05) is 0 Å². The molecule has 1 unspecified atom stereocenters. The third kappa shape index (κ3) is 3.32. The molecule has 2 aromatic rings. The van der Waals surface area contributed by atoms with E-state index < -0.39 is 0 Å². The van der Waals surface area contributed by atoms with Gasteiger partial charge < -0.3 is 0 Å². The summed E-state index contributed by atoms with van der Waals surface area (Å²) in [6, 6.07) is 19.2. The first-order valence-corrected chi connectivity index (χ1v) is 6.05. The lowest BCUT2D eigenvalue weighted by molar-refractivity contribution is 0.973. The highest BCUT2D eigenvalue weighted by Crippen LogP contribution is 2.17. The maximum absolute atomic E-state index is 2.25. The van der Waals surface area contributed by atoms with Crippen molar-refractivity contribution in [1.29, 1.82) is 0 Å². The highest BCUT2D eigenvalue weighted by Gasteiger charge is 1.99. The molecular weight excluding hydrogens is 204 g/mol. The third-order valence-corrected chi connectivity index (χ3v) is 2.98. The van der Waals surface area contributed by atoms with E-state index in [1.54, 1.807) is 0 Å². The molecule has 17 heavy (non-hydrogen) atoms. The first-order valence-electron chi connectivity index (χ1n) is 6.05. The lowest BCUT2D eigenvalue weighted by Gasteiger charge is -2.05. The lowest BCUT2D eigenvalue weighted by Crippen LogP contribution is -1.87. The number of rotatable bonds is 3. The molecule has 0 saturated carbocycles. The zero-order chi connectivity index (χ0) is 12.1. The molecule has 0 saturated heterocycles. The Morgan fingerprint density at radius 2 is 1.53 bits per heavy atom. The van der Waals surface area contributed by atoms with Gasteiger partial charge in [-0.15, -0.1) is 0 Å². The van der Waals surface area contributed by atoms with Crippen LogP contribution in [0.5, 0.6) is 0 Å². The van der Waals surface area contributed by atoms with Gasteiger partial charge in [-0.1, -0.05) is 79.2 Å². The number of aryl methyl sites for hydroxylation is 1. The Balaban J connectivity index is 2.08. The van der Waals surface area contributed by atoms with E-state index in [-0.39, 0.29) is 0 Å². The van der Waals surface area contributed by atoms with E-state index in [0.717, 1.165) is 0 Å². The summed E-state index contributed by atoms with van der Waals surface area (Å²) >= 11 is 0. The molecule has 0 fully saturated rings. The summed E-state index contributed by atoms with van der Waals surface area (Å²) < 4.78 is 0. The van der Waals surface area contributed by atoms with Crippen LogP contribution >= 0.6 is 0 Å². The van der Waals surface area contributed by atoms with Crippen LogP contribution in [0.15, 0.2) is 60.7 Å². The van der Waals surface area contributed by atoms with Gasteiger partial charge in [0.15, 0.2) is 0 Å². The minimum Gasteiger partial charge on any atom is -0.0767 e. The van der Waals surface area contributed by atoms with Gasteiger partial charge in [-0.2, -0.15) is 0 Å². The highest BCUT2D eigenvalue weighted by molar-refractivity contribution is 5.51. The van der Waals surface area contributed by atoms with Crippen molar-refractivity contribution in [3.05, 3.63) is 77.4 Å². The highest BCUT2D eigenvalue weighted by atomic mass is 14.0. The van der Waals surface area contributed by atoms with E-state index in [0.29, 0.717) is 5.92 Å². The maximum atomic E-state index is 2.25. The van der Waals surface area contributed by atoms with Crippen LogP contribution in [0.25, 0.3) is 6.08 Å². The van der Waals surface area contributed by atoms with Gasteiger partial charge in [0.2, 0.25) is 0 Å². The lowest BCUT2D eigenvalue weighted by atomic mass is 10.00. The van der Waals surface area contributed by atoms with Gasteiger partial charge in [-0.25, -0.2) is 0 Å². The second-order valence-corrected chi connectivity index (χ2v) is 4.47. The SMILES string of the molecule is Cc1ccc(C=CC(C)c2ccccc2)cc1. The second kappa shape index (κ2) is 5.49. The summed E-state index contributed by atoms with van der Waals surface area (Å²) in [7, 11) is 0. The van der Waals surface area contributed by atoms with Crippen molar-refractivity contribution in [3.8, 4) is 0 Å². The number of hydrogen-bond acceptors (Lipinski definition) is 0. The molecule has 0 nitrogen and oxygen atoms in total. The largest absolute Gasteiger partial charge is 0.0767 e. The molecule has 0 heterocycles. The van der Waals surface area contributed by atoms with E-state index in [9.17, 15) is 0 Å². The van der Waals surface area contributed by atoms with Crippen molar-refractivity contribution in [2.75, 3.05) is 0 Å². The zero-order valence-corrected chi connectivity index (χ0v) is 10.4. The van der Waals surface area contributed by atoms with Crippen LogP contribution in [0.2, 0.25) is 0 Å². The maximum Gasteiger partial charge on any atom is -0.000711 e. The Morgan fingerprint density at radius 3 is 2.18 bits per heavy atom. The Morgan fingerprint density at radius 1 is 0.882 bits per heavy atom. The van der Waals surface area contributed by atoms with Gasteiger partial charge in [0.05, 0.1) is 0 Å². The Hall–Kier alpha value is -1.82. The van der Waals surface area contributed by atoms with E-state index in [1.165, 1.54) is 16.7 Å². The predicted octanol–water partition coefficient (Wildman–Crippen LogP) is 4.81. The fourth-order valence-electron chi connectivity index (χ4n) is 1.80. The molecule has 0 radical (unpaired) electrons. The van der Waals surface area contributed by atoms with Crippen LogP contribution in [0.1, 0.15) is 29.5 Å². The van der Waals surface area contributed by atoms with Gasteiger partial charge in [-0.3, -0.25) is 0 Å². The van der Waals surface area contributed by atoms with Crippen molar-refractivity contribution >= 4 is 6.08 Å².